The molecule has 0 fully saturated rings. The van der Waals surface area contributed by atoms with Gasteiger partial charge in [-0.15, -0.1) is 0 Å². The molecule has 1 unspecified atom stereocenters. The molecule has 1 aromatic carbocycles. The number of rotatable bonds is 1. The van der Waals surface area contributed by atoms with Crippen molar-refractivity contribution in [1.82, 2.24) is 0 Å². The van der Waals surface area contributed by atoms with Crippen LogP contribution in [-0.4, -0.2) is 13.2 Å². The Morgan fingerprint density at radius 2 is 2.36 bits per heavy atom. The lowest BCUT2D eigenvalue weighted by molar-refractivity contribution is 0.267. The molecule has 3 heteroatoms. The maximum atomic E-state index is 5.75. The first kappa shape index (κ1) is 9.99. The summed E-state index contributed by atoms with van der Waals surface area (Å²) in [6, 6.07) is 4.21. The van der Waals surface area contributed by atoms with Gasteiger partial charge in [0.15, 0.2) is 0 Å². The van der Waals surface area contributed by atoms with Crippen molar-refractivity contribution in [2.24, 2.45) is 5.73 Å². The van der Waals surface area contributed by atoms with E-state index in [1.807, 2.05) is 0 Å². The van der Waals surface area contributed by atoms with Crippen molar-refractivity contribution < 1.29 is 4.74 Å². The molecule has 1 aliphatic heterocycles. The Morgan fingerprint density at radius 1 is 1.57 bits per heavy atom. The zero-order chi connectivity index (χ0) is 10.1. The first-order valence-corrected chi connectivity index (χ1v) is 5.64. The number of aryl methyl sites for hydroxylation is 1. The molecule has 14 heavy (non-hydrogen) atoms. The summed E-state index contributed by atoms with van der Waals surface area (Å²) in [6.07, 6.45) is 1.03. The molecular weight excluding hydrogens is 242 g/mol. The topological polar surface area (TPSA) is 35.2 Å². The zero-order valence-electron chi connectivity index (χ0n) is 8.22. The monoisotopic (exact) mass is 255 g/mol. The lowest BCUT2D eigenvalue weighted by atomic mass is 9.92. The minimum Gasteiger partial charge on any atom is -0.493 e. The van der Waals surface area contributed by atoms with Crippen molar-refractivity contribution in [1.29, 1.82) is 0 Å². The Bertz CT molecular complexity index is 351. The quantitative estimate of drug-likeness (QED) is 0.838. The number of hydrogen-bond donors (Lipinski definition) is 1. The fraction of sp³-hybridized carbons (Fsp3) is 0.455. The van der Waals surface area contributed by atoms with Crippen LogP contribution < -0.4 is 10.5 Å². The summed E-state index contributed by atoms with van der Waals surface area (Å²) in [7, 11) is 0. The van der Waals surface area contributed by atoms with Gasteiger partial charge in [-0.1, -0.05) is 15.9 Å². The van der Waals surface area contributed by atoms with Crippen LogP contribution >= 0.6 is 15.9 Å². The van der Waals surface area contributed by atoms with Crippen LogP contribution in [-0.2, 0) is 0 Å². The smallest absolute Gasteiger partial charge is 0.125 e. The van der Waals surface area contributed by atoms with E-state index in [1.54, 1.807) is 0 Å². The lowest BCUT2D eigenvalue weighted by Gasteiger charge is -2.26. The highest BCUT2D eigenvalue weighted by molar-refractivity contribution is 9.10. The van der Waals surface area contributed by atoms with Gasteiger partial charge in [-0.05, 0) is 43.1 Å². The van der Waals surface area contributed by atoms with Crippen molar-refractivity contribution in [3.63, 3.8) is 0 Å². The molecule has 2 nitrogen and oxygen atoms in total. The Balaban J connectivity index is 2.51. The highest BCUT2D eigenvalue weighted by atomic mass is 79.9. The molecule has 0 aromatic heterocycles. The maximum Gasteiger partial charge on any atom is 0.125 e. The van der Waals surface area contributed by atoms with Gasteiger partial charge in [0.2, 0.25) is 0 Å². The molecule has 0 aliphatic carbocycles. The van der Waals surface area contributed by atoms with Crippen LogP contribution in [0.1, 0.15) is 23.5 Å². The van der Waals surface area contributed by atoms with Crippen LogP contribution in [0.5, 0.6) is 5.75 Å². The SMILES string of the molecule is Cc1cc(Br)cc2c1OCCC2CN. The molecule has 1 aromatic rings. The van der Waals surface area contributed by atoms with E-state index >= 15 is 0 Å². The summed E-state index contributed by atoms with van der Waals surface area (Å²) in [5.74, 6) is 1.49. The number of nitrogens with two attached hydrogens (primary N) is 1. The van der Waals surface area contributed by atoms with Gasteiger partial charge < -0.3 is 10.5 Å². The van der Waals surface area contributed by atoms with E-state index in [2.05, 4.69) is 35.0 Å². The lowest BCUT2D eigenvalue weighted by Crippen LogP contribution is -2.21. The summed E-state index contributed by atoms with van der Waals surface area (Å²) in [6.45, 7) is 3.56. The number of ether oxygens (including phenoxy) is 1. The summed E-state index contributed by atoms with van der Waals surface area (Å²) in [5.41, 5.74) is 8.19. The van der Waals surface area contributed by atoms with Crippen molar-refractivity contribution in [2.45, 2.75) is 19.3 Å². The molecule has 0 bridgehead atoms. The Labute approximate surface area is 92.6 Å². The predicted octanol–water partition coefficient (Wildman–Crippen LogP) is 2.58. The fourth-order valence-corrected chi connectivity index (χ4v) is 2.55. The van der Waals surface area contributed by atoms with Crippen LogP contribution in [0, 0.1) is 6.92 Å². The Hall–Kier alpha value is -0.540. The van der Waals surface area contributed by atoms with Gasteiger partial charge in [0.05, 0.1) is 6.61 Å². The summed E-state index contributed by atoms with van der Waals surface area (Å²) in [5, 5.41) is 0. The largest absolute Gasteiger partial charge is 0.493 e. The van der Waals surface area contributed by atoms with Gasteiger partial charge in [0.25, 0.3) is 0 Å². The van der Waals surface area contributed by atoms with Crippen molar-refractivity contribution in [3.05, 3.63) is 27.7 Å². The maximum absolute atomic E-state index is 5.75. The van der Waals surface area contributed by atoms with Gasteiger partial charge in [-0.2, -0.15) is 0 Å². The molecule has 2 N–H and O–H groups in total. The van der Waals surface area contributed by atoms with Crippen LogP contribution in [0.15, 0.2) is 16.6 Å². The van der Waals surface area contributed by atoms with Crippen molar-refractivity contribution in [3.8, 4) is 5.75 Å². The molecule has 0 saturated heterocycles. The van der Waals surface area contributed by atoms with E-state index in [9.17, 15) is 0 Å². The first-order valence-electron chi connectivity index (χ1n) is 4.85. The predicted molar refractivity (Wildman–Crippen MR) is 60.8 cm³/mol. The summed E-state index contributed by atoms with van der Waals surface area (Å²) < 4.78 is 6.77. The number of halogens is 1. The fourth-order valence-electron chi connectivity index (χ4n) is 1.96. The first-order chi connectivity index (χ1) is 6.72. The molecular formula is C11H14BrNO. The third-order valence-electron chi connectivity index (χ3n) is 2.71. The van der Waals surface area contributed by atoms with E-state index in [4.69, 9.17) is 10.5 Å². The summed E-state index contributed by atoms with van der Waals surface area (Å²) in [4.78, 5) is 0. The molecule has 2 rings (SSSR count). The van der Waals surface area contributed by atoms with Crippen molar-refractivity contribution in [2.75, 3.05) is 13.2 Å². The van der Waals surface area contributed by atoms with Gasteiger partial charge in [0.1, 0.15) is 5.75 Å². The number of hydrogen-bond acceptors (Lipinski definition) is 2. The third kappa shape index (κ3) is 1.66. The normalized spacial score (nSPS) is 20.1. The van der Waals surface area contributed by atoms with Crippen LogP contribution in [0.2, 0.25) is 0 Å². The highest BCUT2D eigenvalue weighted by Crippen LogP contribution is 2.37. The number of fused-ring (bicyclic) bond motifs is 1. The average Bonchev–Trinajstić information content (AvgIpc) is 2.17. The molecule has 0 radical (unpaired) electrons. The molecule has 1 heterocycles. The van der Waals surface area contributed by atoms with Crippen LogP contribution in [0.3, 0.4) is 0 Å². The highest BCUT2D eigenvalue weighted by Gasteiger charge is 2.21. The van der Waals surface area contributed by atoms with E-state index < -0.39 is 0 Å². The van der Waals surface area contributed by atoms with Crippen LogP contribution in [0.25, 0.3) is 0 Å². The van der Waals surface area contributed by atoms with E-state index in [0.29, 0.717) is 12.5 Å². The Kier molecular flexibility index (Phi) is 2.79. The third-order valence-corrected chi connectivity index (χ3v) is 3.16. The van der Waals surface area contributed by atoms with Gasteiger partial charge in [0, 0.05) is 10.4 Å². The van der Waals surface area contributed by atoms with Gasteiger partial charge >= 0.3 is 0 Å². The van der Waals surface area contributed by atoms with Crippen LogP contribution in [0.4, 0.5) is 0 Å². The van der Waals surface area contributed by atoms with Crippen molar-refractivity contribution >= 4 is 15.9 Å². The minimum absolute atomic E-state index is 0.454. The standard InChI is InChI=1S/C11H14BrNO/c1-7-4-9(12)5-10-8(6-13)2-3-14-11(7)10/h4-5,8H,2-3,6,13H2,1H3. The molecule has 76 valence electrons. The average molecular weight is 256 g/mol. The molecule has 0 amide bonds. The van der Waals surface area contributed by atoms with E-state index in [0.717, 1.165) is 23.2 Å². The molecule has 1 aliphatic rings. The zero-order valence-corrected chi connectivity index (χ0v) is 9.80. The molecule has 1 atom stereocenters. The van der Waals surface area contributed by atoms with Gasteiger partial charge in [-0.3, -0.25) is 0 Å². The van der Waals surface area contributed by atoms with Gasteiger partial charge in [-0.25, -0.2) is 0 Å². The Morgan fingerprint density at radius 3 is 3.07 bits per heavy atom. The summed E-state index contributed by atoms with van der Waals surface area (Å²) >= 11 is 3.50. The second-order valence-corrected chi connectivity index (χ2v) is 4.63. The molecule has 0 spiro atoms. The van der Waals surface area contributed by atoms with E-state index in [-0.39, 0.29) is 0 Å². The minimum atomic E-state index is 0.454. The molecule has 0 saturated carbocycles. The second kappa shape index (κ2) is 3.91. The second-order valence-electron chi connectivity index (χ2n) is 3.71. The number of benzene rings is 1. The van der Waals surface area contributed by atoms with E-state index in [1.165, 1.54) is 11.1 Å².